The van der Waals surface area contributed by atoms with E-state index in [0.29, 0.717) is 11.8 Å². The van der Waals surface area contributed by atoms with E-state index in [1.807, 2.05) is 0 Å². The highest BCUT2D eigenvalue weighted by Gasteiger charge is 2.53. The number of carbonyl (C=O) groups is 1. The van der Waals surface area contributed by atoms with Gasteiger partial charge < -0.3 is 9.64 Å². The van der Waals surface area contributed by atoms with Crippen LogP contribution in [0.2, 0.25) is 0 Å². The number of hydrogen-bond donors (Lipinski definition) is 0. The van der Waals surface area contributed by atoms with E-state index in [1.54, 1.807) is 0 Å². The first-order valence-corrected chi connectivity index (χ1v) is 5.86. The molecule has 2 unspecified atom stereocenters. The number of esters is 1. The molecule has 15 heavy (non-hydrogen) atoms. The Hall–Kier alpha value is -0.570. The molecule has 0 spiro atoms. The van der Waals surface area contributed by atoms with Gasteiger partial charge in [0.2, 0.25) is 0 Å². The number of rotatable bonds is 1. The Labute approximate surface area is 91.8 Å². The van der Waals surface area contributed by atoms with Gasteiger partial charge in [-0.1, -0.05) is 6.42 Å². The second kappa shape index (κ2) is 3.78. The van der Waals surface area contributed by atoms with E-state index in [2.05, 4.69) is 18.9 Å². The molecule has 1 aliphatic carbocycles. The Morgan fingerprint density at radius 1 is 1.33 bits per heavy atom. The maximum absolute atomic E-state index is 12.0. The smallest absolute Gasteiger partial charge is 0.312 e. The molecule has 2 aliphatic rings. The van der Waals surface area contributed by atoms with Crippen molar-refractivity contribution in [1.82, 2.24) is 4.90 Å². The van der Waals surface area contributed by atoms with Crippen molar-refractivity contribution < 1.29 is 9.53 Å². The Kier molecular flexibility index (Phi) is 2.75. The average Bonchev–Trinajstić information content (AvgIpc) is 2.19. The van der Waals surface area contributed by atoms with Gasteiger partial charge in [-0.15, -0.1) is 0 Å². The minimum Gasteiger partial charge on any atom is -0.469 e. The van der Waals surface area contributed by atoms with Gasteiger partial charge in [0, 0.05) is 13.1 Å². The monoisotopic (exact) mass is 211 g/mol. The van der Waals surface area contributed by atoms with Crippen molar-refractivity contribution in [2.75, 3.05) is 27.2 Å². The molecule has 0 aromatic heterocycles. The molecule has 0 N–H and O–H groups in total. The standard InChI is InChI=1S/C12H21NO2/c1-12(11(14)15-3)9-5-4-6-10(12)8-13(2)7-9/h9-10H,4-8H2,1-3H3. The molecule has 0 radical (unpaired) electrons. The zero-order valence-electron chi connectivity index (χ0n) is 9.95. The summed E-state index contributed by atoms with van der Waals surface area (Å²) in [5.41, 5.74) is -0.223. The van der Waals surface area contributed by atoms with Gasteiger partial charge in [-0.25, -0.2) is 0 Å². The third-order valence-corrected chi connectivity index (χ3v) is 4.49. The molecule has 2 rings (SSSR count). The zero-order chi connectivity index (χ0) is 11.1. The number of hydrogen-bond acceptors (Lipinski definition) is 3. The quantitative estimate of drug-likeness (QED) is 0.616. The van der Waals surface area contributed by atoms with Crippen LogP contribution in [0, 0.1) is 17.3 Å². The van der Waals surface area contributed by atoms with Crippen LogP contribution in [0.1, 0.15) is 26.2 Å². The summed E-state index contributed by atoms with van der Waals surface area (Å²) in [4.78, 5) is 14.3. The molecule has 0 aromatic rings. The van der Waals surface area contributed by atoms with Crippen molar-refractivity contribution in [3.8, 4) is 0 Å². The van der Waals surface area contributed by atoms with Crippen LogP contribution < -0.4 is 0 Å². The summed E-state index contributed by atoms with van der Waals surface area (Å²) in [6.07, 6.45) is 3.62. The number of carbonyl (C=O) groups excluding carboxylic acids is 1. The molecule has 2 fully saturated rings. The largest absolute Gasteiger partial charge is 0.469 e. The molecule has 2 atom stereocenters. The number of ether oxygens (including phenoxy) is 1. The van der Waals surface area contributed by atoms with Crippen LogP contribution in [-0.4, -0.2) is 38.1 Å². The van der Waals surface area contributed by atoms with Crippen molar-refractivity contribution in [3.63, 3.8) is 0 Å². The van der Waals surface area contributed by atoms with Crippen molar-refractivity contribution in [2.45, 2.75) is 26.2 Å². The third kappa shape index (κ3) is 1.57. The van der Waals surface area contributed by atoms with Gasteiger partial charge in [-0.2, -0.15) is 0 Å². The lowest BCUT2D eigenvalue weighted by molar-refractivity contribution is -0.168. The summed E-state index contributed by atoms with van der Waals surface area (Å²) in [5.74, 6) is 0.982. The second-order valence-corrected chi connectivity index (χ2v) is 5.32. The molecule has 0 aromatic carbocycles. The van der Waals surface area contributed by atoms with Crippen LogP contribution in [0.3, 0.4) is 0 Å². The van der Waals surface area contributed by atoms with Crippen LogP contribution in [0.5, 0.6) is 0 Å². The van der Waals surface area contributed by atoms with Crippen LogP contribution in [0.15, 0.2) is 0 Å². The van der Waals surface area contributed by atoms with E-state index in [9.17, 15) is 4.79 Å². The number of methoxy groups -OCH3 is 1. The Morgan fingerprint density at radius 3 is 2.33 bits per heavy atom. The molecule has 3 nitrogen and oxygen atoms in total. The normalized spacial score (nSPS) is 41.3. The first-order chi connectivity index (χ1) is 7.09. The van der Waals surface area contributed by atoms with E-state index >= 15 is 0 Å². The molecule has 1 saturated carbocycles. The Bertz CT molecular complexity index is 250. The highest BCUT2D eigenvalue weighted by Crippen LogP contribution is 2.49. The first kappa shape index (κ1) is 10.9. The van der Waals surface area contributed by atoms with Gasteiger partial charge in [0.25, 0.3) is 0 Å². The minimum absolute atomic E-state index is 0.00491. The number of fused-ring (bicyclic) bond motifs is 2. The van der Waals surface area contributed by atoms with E-state index in [4.69, 9.17) is 4.74 Å². The Balaban J connectivity index is 2.27. The van der Waals surface area contributed by atoms with Gasteiger partial charge in [-0.3, -0.25) is 4.79 Å². The molecule has 3 heteroatoms. The van der Waals surface area contributed by atoms with Crippen LogP contribution in [-0.2, 0) is 9.53 Å². The lowest BCUT2D eigenvalue weighted by Gasteiger charge is -2.51. The fourth-order valence-electron chi connectivity index (χ4n) is 3.49. The molecular formula is C12H21NO2. The number of piperidine rings is 1. The van der Waals surface area contributed by atoms with E-state index in [-0.39, 0.29) is 11.4 Å². The number of likely N-dealkylation sites (tertiary alicyclic amines) is 1. The van der Waals surface area contributed by atoms with Crippen molar-refractivity contribution >= 4 is 5.97 Å². The number of nitrogens with zero attached hydrogens (tertiary/aromatic N) is 1. The summed E-state index contributed by atoms with van der Waals surface area (Å²) in [5, 5.41) is 0. The minimum atomic E-state index is -0.223. The van der Waals surface area contributed by atoms with Gasteiger partial charge in [0.1, 0.15) is 0 Å². The van der Waals surface area contributed by atoms with Crippen molar-refractivity contribution in [3.05, 3.63) is 0 Å². The van der Waals surface area contributed by atoms with Crippen LogP contribution in [0.4, 0.5) is 0 Å². The lowest BCUT2D eigenvalue weighted by atomic mass is 9.59. The average molecular weight is 211 g/mol. The van der Waals surface area contributed by atoms with Gasteiger partial charge >= 0.3 is 5.97 Å². The highest BCUT2D eigenvalue weighted by atomic mass is 16.5. The van der Waals surface area contributed by atoms with E-state index < -0.39 is 0 Å². The fraction of sp³-hybridized carbons (Fsp3) is 0.917. The molecule has 2 bridgehead atoms. The van der Waals surface area contributed by atoms with E-state index in [1.165, 1.54) is 26.4 Å². The van der Waals surface area contributed by atoms with Crippen molar-refractivity contribution in [1.29, 1.82) is 0 Å². The maximum Gasteiger partial charge on any atom is 0.312 e. The van der Waals surface area contributed by atoms with Gasteiger partial charge in [0.15, 0.2) is 0 Å². The molecule has 1 heterocycles. The van der Waals surface area contributed by atoms with E-state index in [0.717, 1.165) is 13.1 Å². The maximum atomic E-state index is 12.0. The molecular weight excluding hydrogens is 190 g/mol. The summed E-state index contributed by atoms with van der Waals surface area (Å²) >= 11 is 0. The van der Waals surface area contributed by atoms with Crippen LogP contribution >= 0.6 is 0 Å². The third-order valence-electron chi connectivity index (χ3n) is 4.49. The predicted molar refractivity (Wildman–Crippen MR) is 58.5 cm³/mol. The van der Waals surface area contributed by atoms with Crippen molar-refractivity contribution in [2.24, 2.45) is 17.3 Å². The van der Waals surface area contributed by atoms with Gasteiger partial charge in [-0.05, 0) is 38.6 Å². The predicted octanol–water partition coefficient (Wildman–Crippen LogP) is 1.53. The SMILES string of the molecule is COC(=O)C1(C)C2CCCC1CN(C)C2. The highest BCUT2D eigenvalue weighted by molar-refractivity contribution is 5.77. The summed E-state index contributed by atoms with van der Waals surface area (Å²) in [7, 11) is 3.67. The molecule has 0 amide bonds. The Morgan fingerprint density at radius 2 is 1.87 bits per heavy atom. The molecule has 86 valence electrons. The molecule has 1 aliphatic heterocycles. The van der Waals surface area contributed by atoms with Crippen LogP contribution in [0.25, 0.3) is 0 Å². The fourth-order valence-corrected chi connectivity index (χ4v) is 3.49. The summed E-state index contributed by atoms with van der Waals surface area (Å²) < 4.78 is 5.01. The zero-order valence-corrected chi connectivity index (χ0v) is 9.95. The molecule has 1 saturated heterocycles. The first-order valence-electron chi connectivity index (χ1n) is 5.86. The summed E-state index contributed by atoms with van der Waals surface area (Å²) in [6.45, 7) is 4.20. The summed E-state index contributed by atoms with van der Waals surface area (Å²) in [6, 6.07) is 0. The topological polar surface area (TPSA) is 29.5 Å². The van der Waals surface area contributed by atoms with Gasteiger partial charge in [0.05, 0.1) is 12.5 Å². The lowest BCUT2D eigenvalue weighted by Crippen LogP contribution is -2.57. The second-order valence-electron chi connectivity index (χ2n) is 5.32.